The molecule has 0 radical (unpaired) electrons. The summed E-state index contributed by atoms with van der Waals surface area (Å²) >= 11 is 0. The first-order valence-corrected chi connectivity index (χ1v) is 4.22. The Labute approximate surface area is 81.1 Å². The highest BCUT2D eigenvalue weighted by Gasteiger charge is 2.09. The van der Waals surface area contributed by atoms with Crippen LogP contribution in [0, 0.1) is 0 Å². The molecule has 0 atom stereocenters. The molecule has 2 heterocycles. The van der Waals surface area contributed by atoms with Crippen LogP contribution in [0.15, 0.2) is 36.7 Å². The van der Waals surface area contributed by atoms with Crippen LogP contribution in [0.4, 0.5) is 0 Å². The quantitative estimate of drug-likeness (QED) is 0.724. The molecule has 4 heteroatoms. The van der Waals surface area contributed by atoms with E-state index in [2.05, 4.69) is 10.3 Å². The highest BCUT2D eigenvalue weighted by molar-refractivity contribution is 6.00. The number of rotatable bonds is 2. The van der Waals surface area contributed by atoms with Gasteiger partial charge in [-0.05, 0) is 18.2 Å². The van der Waals surface area contributed by atoms with E-state index in [0.717, 1.165) is 5.52 Å². The van der Waals surface area contributed by atoms with Gasteiger partial charge in [0, 0.05) is 12.4 Å². The number of hydrogen-bond donors (Lipinski definition) is 1. The van der Waals surface area contributed by atoms with Gasteiger partial charge in [-0.3, -0.25) is 9.63 Å². The topological polar surface area (TPSA) is 42.7 Å². The van der Waals surface area contributed by atoms with E-state index in [1.807, 2.05) is 35.0 Å². The number of pyridine rings is 1. The highest BCUT2D eigenvalue weighted by Crippen LogP contribution is 2.11. The van der Waals surface area contributed by atoms with E-state index in [9.17, 15) is 4.79 Å². The van der Waals surface area contributed by atoms with Crippen LogP contribution in [0.1, 0.15) is 10.4 Å². The minimum Gasteiger partial charge on any atom is -0.323 e. The van der Waals surface area contributed by atoms with E-state index in [0.29, 0.717) is 5.56 Å². The summed E-state index contributed by atoms with van der Waals surface area (Å²) in [6.07, 6.45) is 3.72. The van der Waals surface area contributed by atoms with Crippen molar-refractivity contribution in [3.05, 3.63) is 42.2 Å². The normalized spacial score (nSPS) is 10.4. The molecule has 0 saturated carbocycles. The van der Waals surface area contributed by atoms with Crippen LogP contribution in [0.5, 0.6) is 0 Å². The third kappa shape index (κ3) is 1.36. The summed E-state index contributed by atoms with van der Waals surface area (Å²) in [6.45, 7) is 0. The Morgan fingerprint density at radius 2 is 2.21 bits per heavy atom. The van der Waals surface area contributed by atoms with Gasteiger partial charge in [0.25, 0.3) is 5.91 Å². The van der Waals surface area contributed by atoms with Crippen molar-refractivity contribution < 1.29 is 9.63 Å². The van der Waals surface area contributed by atoms with Gasteiger partial charge in [-0.1, -0.05) is 6.07 Å². The SMILES string of the molecule is CONC(=O)c1ccn2ccccc12. The number of fused-ring (bicyclic) bond motifs is 1. The van der Waals surface area contributed by atoms with Crippen LogP contribution >= 0.6 is 0 Å². The minimum atomic E-state index is -0.235. The van der Waals surface area contributed by atoms with E-state index in [4.69, 9.17) is 0 Å². The molecule has 0 aromatic carbocycles. The van der Waals surface area contributed by atoms with Gasteiger partial charge in [0.15, 0.2) is 0 Å². The monoisotopic (exact) mass is 190 g/mol. The van der Waals surface area contributed by atoms with E-state index >= 15 is 0 Å². The van der Waals surface area contributed by atoms with Crippen LogP contribution < -0.4 is 5.48 Å². The zero-order valence-electron chi connectivity index (χ0n) is 7.73. The van der Waals surface area contributed by atoms with Crippen molar-refractivity contribution in [1.29, 1.82) is 0 Å². The number of carbonyl (C=O) groups is 1. The second kappa shape index (κ2) is 3.51. The summed E-state index contributed by atoms with van der Waals surface area (Å²) in [4.78, 5) is 16.0. The smallest absolute Gasteiger partial charge is 0.277 e. The second-order valence-electron chi connectivity index (χ2n) is 2.86. The molecule has 2 aromatic heterocycles. The number of hydroxylamine groups is 1. The molecule has 0 saturated heterocycles. The maximum Gasteiger partial charge on any atom is 0.277 e. The molecule has 1 N–H and O–H groups in total. The number of hydrogen-bond acceptors (Lipinski definition) is 2. The zero-order chi connectivity index (χ0) is 9.97. The fourth-order valence-corrected chi connectivity index (χ4v) is 1.39. The Morgan fingerprint density at radius 3 is 3.00 bits per heavy atom. The van der Waals surface area contributed by atoms with Crippen molar-refractivity contribution in [2.45, 2.75) is 0 Å². The summed E-state index contributed by atoms with van der Waals surface area (Å²) in [5, 5.41) is 0. The molecule has 0 unspecified atom stereocenters. The summed E-state index contributed by atoms with van der Waals surface area (Å²) in [6, 6.07) is 7.43. The summed E-state index contributed by atoms with van der Waals surface area (Å²) in [7, 11) is 1.41. The first-order chi connectivity index (χ1) is 6.83. The van der Waals surface area contributed by atoms with Crippen LogP contribution in [0.3, 0.4) is 0 Å². The molecule has 0 aliphatic carbocycles. The fraction of sp³-hybridized carbons (Fsp3) is 0.100. The standard InChI is InChI=1S/C10H10N2O2/c1-14-11-10(13)8-5-7-12-6-3-2-4-9(8)12/h2-7H,1H3,(H,11,13). The van der Waals surface area contributed by atoms with Gasteiger partial charge in [-0.15, -0.1) is 0 Å². The van der Waals surface area contributed by atoms with Crippen LogP contribution in [0.2, 0.25) is 0 Å². The predicted octanol–water partition coefficient (Wildman–Crippen LogP) is 1.23. The van der Waals surface area contributed by atoms with Gasteiger partial charge in [0.1, 0.15) is 0 Å². The third-order valence-corrected chi connectivity index (χ3v) is 2.01. The Bertz CT molecular complexity index is 462. The van der Waals surface area contributed by atoms with Crippen LogP contribution in [-0.4, -0.2) is 17.4 Å². The zero-order valence-corrected chi connectivity index (χ0v) is 7.73. The maximum absolute atomic E-state index is 11.5. The molecule has 0 bridgehead atoms. The molecule has 0 fully saturated rings. The lowest BCUT2D eigenvalue weighted by atomic mass is 10.2. The second-order valence-corrected chi connectivity index (χ2v) is 2.86. The molecule has 2 aromatic rings. The number of amides is 1. The summed E-state index contributed by atoms with van der Waals surface area (Å²) < 4.78 is 1.88. The summed E-state index contributed by atoms with van der Waals surface area (Å²) in [5.74, 6) is -0.235. The third-order valence-electron chi connectivity index (χ3n) is 2.01. The molecule has 0 aliphatic heterocycles. The van der Waals surface area contributed by atoms with Gasteiger partial charge in [-0.25, -0.2) is 5.48 Å². The molecular formula is C10H10N2O2. The van der Waals surface area contributed by atoms with Crippen molar-refractivity contribution in [3.63, 3.8) is 0 Å². The van der Waals surface area contributed by atoms with Crippen molar-refractivity contribution in [1.82, 2.24) is 9.88 Å². The summed E-state index contributed by atoms with van der Waals surface area (Å²) in [5.41, 5.74) is 3.75. The number of aromatic nitrogens is 1. The van der Waals surface area contributed by atoms with Gasteiger partial charge < -0.3 is 4.40 Å². The van der Waals surface area contributed by atoms with E-state index < -0.39 is 0 Å². The van der Waals surface area contributed by atoms with E-state index in [1.54, 1.807) is 6.07 Å². The molecular weight excluding hydrogens is 180 g/mol. The first-order valence-electron chi connectivity index (χ1n) is 4.22. The lowest BCUT2D eigenvalue weighted by Gasteiger charge is -2.00. The lowest BCUT2D eigenvalue weighted by molar-refractivity contribution is 0.0539. The minimum absolute atomic E-state index is 0.235. The van der Waals surface area contributed by atoms with Gasteiger partial charge in [0.2, 0.25) is 0 Å². The van der Waals surface area contributed by atoms with Crippen molar-refractivity contribution in [3.8, 4) is 0 Å². The molecule has 1 amide bonds. The molecule has 0 spiro atoms. The van der Waals surface area contributed by atoms with Crippen LogP contribution in [0.25, 0.3) is 5.52 Å². The van der Waals surface area contributed by atoms with Gasteiger partial charge >= 0.3 is 0 Å². The highest BCUT2D eigenvalue weighted by atomic mass is 16.6. The average molecular weight is 190 g/mol. The van der Waals surface area contributed by atoms with Gasteiger partial charge in [0.05, 0.1) is 18.2 Å². The maximum atomic E-state index is 11.5. The fourth-order valence-electron chi connectivity index (χ4n) is 1.39. The Kier molecular flexibility index (Phi) is 2.20. The van der Waals surface area contributed by atoms with Crippen LogP contribution in [-0.2, 0) is 4.84 Å². The molecule has 4 nitrogen and oxygen atoms in total. The van der Waals surface area contributed by atoms with Crippen molar-refractivity contribution in [2.24, 2.45) is 0 Å². The Hall–Kier alpha value is -1.81. The number of nitrogens with zero attached hydrogens (tertiary/aromatic N) is 1. The number of nitrogens with one attached hydrogen (secondary N) is 1. The Balaban J connectivity index is 2.47. The average Bonchev–Trinajstić information content (AvgIpc) is 2.61. The molecule has 14 heavy (non-hydrogen) atoms. The first kappa shape index (κ1) is 8.77. The van der Waals surface area contributed by atoms with E-state index in [1.165, 1.54) is 7.11 Å². The molecule has 0 aliphatic rings. The number of carbonyl (C=O) groups excluding carboxylic acids is 1. The largest absolute Gasteiger partial charge is 0.323 e. The predicted molar refractivity (Wildman–Crippen MR) is 51.9 cm³/mol. The van der Waals surface area contributed by atoms with Gasteiger partial charge in [-0.2, -0.15) is 0 Å². The Morgan fingerprint density at radius 1 is 1.36 bits per heavy atom. The molecule has 2 rings (SSSR count). The van der Waals surface area contributed by atoms with E-state index in [-0.39, 0.29) is 5.91 Å². The van der Waals surface area contributed by atoms with Crippen molar-refractivity contribution in [2.75, 3.05) is 7.11 Å². The van der Waals surface area contributed by atoms with Crippen molar-refractivity contribution >= 4 is 11.4 Å². The lowest BCUT2D eigenvalue weighted by Crippen LogP contribution is -2.21. The molecule has 72 valence electrons.